The average molecular weight is 395 g/mol. The summed E-state index contributed by atoms with van der Waals surface area (Å²) < 4.78 is 23.3. The lowest BCUT2D eigenvalue weighted by Gasteiger charge is -2.14. The lowest BCUT2D eigenvalue weighted by molar-refractivity contribution is 0.0949. The molecule has 0 saturated heterocycles. The predicted octanol–water partition coefficient (Wildman–Crippen LogP) is 3.21. The van der Waals surface area contributed by atoms with Crippen molar-refractivity contribution in [2.24, 2.45) is 0 Å². The summed E-state index contributed by atoms with van der Waals surface area (Å²) in [5.41, 5.74) is 1.14. The highest BCUT2D eigenvalue weighted by molar-refractivity contribution is 5.98. The number of aromatic nitrogens is 1. The summed E-state index contributed by atoms with van der Waals surface area (Å²) in [4.78, 5) is 12.8. The number of furan rings is 1. The Hall–Kier alpha value is -3.86. The van der Waals surface area contributed by atoms with Crippen LogP contribution in [0.2, 0.25) is 0 Å². The maximum Gasteiger partial charge on any atom is 0.256 e. The number of aryl methyl sites for hydroxylation is 1. The Labute approximate surface area is 168 Å². The number of methoxy groups -OCH3 is 3. The minimum Gasteiger partial charge on any atom is -0.493 e. The molecule has 8 nitrogen and oxygen atoms in total. The normalized spacial score (nSPS) is 10.3. The first-order valence-electron chi connectivity index (χ1n) is 8.77. The summed E-state index contributed by atoms with van der Waals surface area (Å²) in [7, 11) is 4.57. The van der Waals surface area contributed by atoms with Crippen molar-refractivity contribution < 1.29 is 23.4 Å². The lowest BCUT2D eigenvalue weighted by atomic mass is 10.1. The van der Waals surface area contributed by atoms with E-state index in [4.69, 9.17) is 18.6 Å². The highest BCUT2D eigenvalue weighted by Crippen LogP contribution is 2.38. The molecule has 1 N–H and O–H groups in total. The standard InChI is InChI=1S/C21H21N3O5/c1-13-18(15(11-22)21(29-13)24-7-5-6-8-24)20(25)23-12-14-9-16(26-2)19(28-4)17(10-14)27-3/h5-10H,12H2,1-4H3,(H,23,25). The van der Waals surface area contributed by atoms with Crippen molar-refractivity contribution in [1.29, 1.82) is 5.26 Å². The molecule has 0 radical (unpaired) electrons. The van der Waals surface area contributed by atoms with E-state index < -0.39 is 5.91 Å². The van der Waals surface area contributed by atoms with Gasteiger partial charge in [0.05, 0.1) is 21.3 Å². The number of hydrogen-bond donors (Lipinski definition) is 1. The van der Waals surface area contributed by atoms with Crippen molar-refractivity contribution in [3.8, 4) is 29.2 Å². The Morgan fingerprint density at radius 3 is 2.28 bits per heavy atom. The van der Waals surface area contributed by atoms with E-state index in [0.29, 0.717) is 28.9 Å². The van der Waals surface area contributed by atoms with Gasteiger partial charge in [0.1, 0.15) is 23.0 Å². The number of ether oxygens (including phenoxy) is 3. The molecular weight excluding hydrogens is 374 g/mol. The largest absolute Gasteiger partial charge is 0.493 e. The number of nitrogens with one attached hydrogen (secondary N) is 1. The van der Waals surface area contributed by atoms with E-state index in [1.165, 1.54) is 21.3 Å². The molecule has 8 heteroatoms. The number of carbonyl (C=O) groups excluding carboxylic acids is 1. The fraction of sp³-hybridized carbons (Fsp3) is 0.238. The average Bonchev–Trinajstić information content (AvgIpc) is 3.38. The zero-order valence-electron chi connectivity index (χ0n) is 16.6. The number of nitriles is 1. The topological polar surface area (TPSA) is 98.7 Å². The molecule has 2 aromatic heterocycles. The van der Waals surface area contributed by atoms with Crippen LogP contribution in [0.1, 0.15) is 27.2 Å². The molecule has 0 bridgehead atoms. The van der Waals surface area contributed by atoms with Gasteiger partial charge in [-0.2, -0.15) is 5.26 Å². The number of carbonyl (C=O) groups is 1. The fourth-order valence-electron chi connectivity index (χ4n) is 3.07. The van der Waals surface area contributed by atoms with E-state index >= 15 is 0 Å². The van der Waals surface area contributed by atoms with Gasteiger partial charge in [0.2, 0.25) is 11.6 Å². The van der Waals surface area contributed by atoms with Gasteiger partial charge in [-0.15, -0.1) is 0 Å². The summed E-state index contributed by atoms with van der Waals surface area (Å²) >= 11 is 0. The Morgan fingerprint density at radius 1 is 1.14 bits per heavy atom. The summed E-state index contributed by atoms with van der Waals surface area (Å²) in [5, 5.41) is 12.4. The molecule has 1 amide bonds. The maximum absolute atomic E-state index is 12.8. The highest BCUT2D eigenvalue weighted by Gasteiger charge is 2.24. The molecule has 3 aromatic rings. The molecule has 0 aliphatic carbocycles. The Kier molecular flexibility index (Phi) is 5.79. The van der Waals surface area contributed by atoms with Crippen molar-refractivity contribution in [3.63, 3.8) is 0 Å². The van der Waals surface area contributed by atoms with Crippen molar-refractivity contribution in [3.05, 3.63) is 59.1 Å². The molecule has 1 aromatic carbocycles. The number of hydrogen-bond acceptors (Lipinski definition) is 6. The number of benzene rings is 1. The first-order chi connectivity index (χ1) is 14.0. The second-order valence-corrected chi connectivity index (χ2v) is 6.13. The number of nitrogens with zero attached hydrogens (tertiary/aromatic N) is 2. The van der Waals surface area contributed by atoms with Crippen LogP contribution >= 0.6 is 0 Å². The van der Waals surface area contributed by atoms with Gasteiger partial charge in [-0.05, 0) is 36.8 Å². The molecule has 0 spiro atoms. The second-order valence-electron chi connectivity index (χ2n) is 6.13. The molecule has 3 rings (SSSR count). The summed E-state index contributed by atoms with van der Waals surface area (Å²) in [6.45, 7) is 1.85. The van der Waals surface area contributed by atoms with Gasteiger partial charge in [0.15, 0.2) is 11.5 Å². The third kappa shape index (κ3) is 3.75. The van der Waals surface area contributed by atoms with Crippen LogP contribution in [-0.2, 0) is 6.54 Å². The third-order valence-electron chi connectivity index (χ3n) is 4.42. The molecule has 0 atom stereocenters. The van der Waals surface area contributed by atoms with Crippen LogP contribution in [0.5, 0.6) is 17.2 Å². The lowest BCUT2D eigenvalue weighted by Crippen LogP contribution is -2.24. The number of rotatable bonds is 7. The molecule has 2 heterocycles. The van der Waals surface area contributed by atoms with Crippen LogP contribution in [0.25, 0.3) is 5.88 Å². The summed E-state index contributed by atoms with van der Waals surface area (Å²) in [6.07, 6.45) is 3.49. The quantitative estimate of drug-likeness (QED) is 0.660. The molecule has 0 fully saturated rings. The van der Waals surface area contributed by atoms with Crippen LogP contribution in [0.15, 0.2) is 41.1 Å². The van der Waals surface area contributed by atoms with Gasteiger partial charge < -0.3 is 23.9 Å². The van der Waals surface area contributed by atoms with Gasteiger partial charge in [0, 0.05) is 18.9 Å². The zero-order valence-corrected chi connectivity index (χ0v) is 16.6. The van der Waals surface area contributed by atoms with Crippen LogP contribution < -0.4 is 19.5 Å². The fourth-order valence-corrected chi connectivity index (χ4v) is 3.07. The Morgan fingerprint density at radius 2 is 1.76 bits per heavy atom. The first kappa shape index (κ1) is 19.9. The van der Waals surface area contributed by atoms with Crippen molar-refractivity contribution in [2.75, 3.05) is 21.3 Å². The van der Waals surface area contributed by atoms with Gasteiger partial charge in [0.25, 0.3) is 5.91 Å². The Bertz CT molecular complexity index is 1040. The molecule has 150 valence electrons. The van der Waals surface area contributed by atoms with Gasteiger partial charge in [-0.3, -0.25) is 9.36 Å². The predicted molar refractivity (Wildman–Crippen MR) is 105 cm³/mol. The first-order valence-corrected chi connectivity index (χ1v) is 8.77. The van der Waals surface area contributed by atoms with Crippen molar-refractivity contribution >= 4 is 5.91 Å². The molecule has 0 saturated carbocycles. The summed E-state index contributed by atoms with van der Waals surface area (Å²) in [6, 6.07) is 9.19. The second kappa shape index (κ2) is 8.44. The van der Waals surface area contributed by atoms with Crippen LogP contribution in [0.4, 0.5) is 0 Å². The minimum atomic E-state index is -0.407. The van der Waals surface area contributed by atoms with Gasteiger partial charge >= 0.3 is 0 Å². The van der Waals surface area contributed by atoms with E-state index in [2.05, 4.69) is 11.4 Å². The van der Waals surface area contributed by atoms with E-state index in [9.17, 15) is 10.1 Å². The van der Waals surface area contributed by atoms with E-state index in [-0.39, 0.29) is 17.7 Å². The zero-order chi connectivity index (χ0) is 21.0. The van der Waals surface area contributed by atoms with E-state index in [0.717, 1.165) is 5.56 Å². The van der Waals surface area contributed by atoms with Crippen molar-refractivity contribution in [1.82, 2.24) is 9.88 Å². The van der Waals surface area contributed by atoms with Crippen LogP contribution in [-0.4, -0.2) is 31.8 Å². The SMILES string of the molecule is COc1cc(CNC(=O)c2c(C)oc(-n3cccc3)c2C#N)cc(OC)c1OC. The van der Waals surface area contributed by atoms with Gasteiger partial charge in [-0.1, -0.05) is 0 Å². The van der Waals surface area contributed by atoms with Crippen molar-refractivity contribution in [2.45, 2.75) is 13.5 Å². The maximum atomic E-state index is 12.8. The summed E-state index contributed by atoms with van der Waals surface area (Å²) in [5.74, 6) is 1.72. The minimum absolute atomic E-state index is 0.182. The van der Waals surface area contributed by atoms with Crippen LogP contribution in [0.3, 0.4) is 0 Å². The van der Waals surface area contributed by atoms with Crippen LogP contribution in [0, 0.1) is 18.3 Å². The Balaban J connectivity index is 1.86. The molecule has 0 unspecified atom stereocenters. The van der Waals surface area contributed by atoms with E-state index in [1.54, 1.807) is 36.0 Å². The number of amides is 1. The molecule has 0 aliphatic rings. The molecule has 0 aliphatic heterocycles. The molecule has 29 heavy (non-hydrogen) atoms. The smallest absolute Gasteiger partial charge is 0.256 e. The van der Waals surface area contributed by atoms with Gasteiger partial charge in [-0.25, -0.2) is 0 Å². The third-order valence-corrected chi connectivity index (χ3v) is 4.42. The highest BCUT2D eigenvalue weighted by atomic mass is 16.5. The molecular formula is C21H21N3O5. The monoisotopic (exact) mass is 395 g/mol. The van der Waals surface area contributed by atoms with E-state index in [1.807, 2.05) is 12.1 Å².